The number of halogens is 1. The van der Waals surface area contributed by atoms with Gasteiger partial charge in [-0.05, 0) is 24.5 Å². The summed E-state index contributed by atoms with van der Waals surface area (Å²) in [7, 11) is 0. The molecule has 0 saturated carbocycles. The zero-order chi connectivity index (χ0) is 12.1. The van der Waals surface area contributed by atoms with Gasteiger partial charge < -0.3 is 16.2 Å². The molecule has 0 heterocycles. The summed E-state index contributed by atoms with van der Waals surface area (Å²) >= 11 is 0. The predicted molar refractivity (Wildman–Crippen MR) is 64.8 cm³/mol. The van der Waals surface area contributed by atoms with Crippen LogP contribution in [0.2, 0.25) is 0 Å². The summed E-state index contributed by atoms with van der Waals surface area (Å²) in [6.45, 7) is 4.46. The smallest absolute Gasteiger partial charge is 0.148 e. The van der Waals surface area contributed by atoms with E-state index in [1.807, 2.05) is 13.8 Å². The van der Waals surface area contributed by atoms with E-state index in [4.69, 9.17) is 5.73 Å². The number of anilines is 2. The van der Waals surface area contributed by atoms with Gasteiger partial charge in [-0.2, -0.15) is 0 Å². The molecule has 90 valence electrons. The summed E-state index contributed by atoms with van der Waals surface area (Å²) in [5, 5.41) is 12.6. The second kappa shape index (κ2) is 5.70. The van der Waals surface area contributed by atoms with Crippen LogP contribution in [0.15, 0.2) is 18.2 Å². The lowest BCUT2D eigenvalue weighted by Gasteiger charge is -2.15. The standard InChI is InChI=1S/C12H19FN2O/c1-8(2)6-9(16)7-15-11-5-3-4-10(13)12(11)14/h3-5,8-9,15-16H,6-7,14H2,1-2H3. The molecule has 1 unspecified atom stereocenters. The fourth-order valence-electron chi connectivity index (χ4n) is 1.55. The molecule has 0 aliphatic heterocycles. The molecule has 1 rings (SSSR count). The quantitative estimate of drug-likeness (QED) is 0.675. The Kier molecular flexibility index (Phi) is 4.55. The number of hydrogen-bond donors (Lipinski definition) is 3. The molecule has 3 nitrogen and oxygen atoms in total. The third kappa shape index (κ3) is 3.70. The fraction of sp³-hybridized carbons (Fsp3) is 0.500. The molecule has 0 bridgehead atoms. The van der Waals surface area contributed by atoms with Gasteiger partial charge in [0.15, 0.2) is 0 Å². The molecule has 4 N–H and O–H groups in total. The average Bonchev–Trinajstić information content (AvgIpc) is 2.19. The molecule has 0 radical (unpaired) electrons. The van der Waals surface area contributed by atoms with Gasteiger partial charge in [-0.25, -0.2) is 4.39 Å². The number of aliphatic hydroxyl groups is 1. The largest absolute Gasteiger partial charge is 0.395 e. The van der Waals surface area contributed by atoms with Crippen LogP contribution >= 0.6 is 0 Å². The highest BCUT2D eigenvalue weighted by Crippen LogP contribution is 2.21. The topological polar surface area (TPSA) is 58.3 Å². The Morgan fingerprint density at radius 1 is 1.44 bits per heavy atom. The SMILES string of the molecule is CC(C)CC(O)CNc1cccc(F)c1N. The van der Waals surface area contributed by atoms with Crippen LogP contribution < -0.4 is 11.1 Å². The normalized spacial score (nSPS) is 12.8. The minimum absolute atomic E-state index is 0.0965. The molecule has 0 aliphatic rings. The van der Waals surface area contributed by atoms with Gasteiger partial charge in [-0.1, -0.05) is 19.9 Å². The molecule has 1 aromatic rings. The van der Waals surface area contributed by atoms with Crippen molar-refractivity contribution < 1.29 is 9.50 Å². The van der Waals surface area contributed by atoms with Crippen molar-refractivity contribution in [3.05, 3.63) is 24.0 Å². The van der Waals surface area contributed by atoms with Crippen LogP contribution in [-0.2, 0) is 0 Å². The van der Waals surface area contributed by atoms with Gasteiger partial charge in [-0.15, -0.1) is 0 Å². The molecule has 0 spiro atoms. The van der Waals surface area contributed by atoms with Crippen LogP contribution in [0.4, 0.5) is 15.8 Å². The Bertz CT molecular complexity index is 342. The summed E-state index contributed by atoms with van der Waals surface area (Å²) < 4.78 is 13.1. The highest BCUT2D eigenvalue weighted by molar-refractivity contribution is 5.66. The highest BCUT2D eigenvalue weighted by atomic mass is 19.1. The van der Waals surface area contributed by atoms with E-state index in [0.29, 0.717) is 24.6 Å². The van der Waals surface area contributed by atoms with E-state index < -0.39 is 11.9 Å². The molecule has 0 aliphatic carbocycles. The second-order valence-corrected chi connectivity index (χ2v) is 4.37. The van der Waals surface area contributed by atoms with Crippen molar-refractivity contribution in [1.82, 2.24) is 0 Å². The number of nitrogen functional groups attached to an aromatic ring is 1. The number of para-hydroxylation sites is 1. The van der Waals surface area contributed by atoms with E-state index in [2.05, 4.69) is 5.32 Å². The first kappa shape index (κ1) is 12.8. The molecule has 1 aromatic carbocycles. The summed E-state index contributed by atoms with van der Waals surface area (Å²) in [6, 6.07) is 4.59. The lowest BCUT2D eigenvalue weighted by molar-refractivity contribution is 0.161. The minimum atomic E-state index is -0.442. The Morgan fingerprint density at radius 2 is 2.12 bits per heavy atom. The molecule has 4 heteroatoms. The molecule has 16 heavy (non-hydrogen) atoms. The lowest BCUT2D eigenvalue weighted by atomic mass is 10.1. The average molecular weight is 226 g/mol. The summed E-state index contributed by atoms with van der Waals surface area (Å²) in [4.78, 5) is 0. The number of rotatable bonds is 5. The van der Waals surface area contributed by atoms with Gasteiger partial charge in [0.1, 0.15) is 5.82 Å². The molecule has 0 saturated heterocycles. The number of nitrogens with one attached hydrogen (secondary N) is 1. The summed E-state index contributed by atoms with van der Waals surface area (Å²) in [5.74, 6) is -0.00925. The van der Waals surface area contributed by atoms with Crippen LogP contribution in [0.25, 0.3) is 0 Å². The van der Waals surface area contributed by atoms with E-state index in [9.17, 15) is 9.50 Å². The van der Waals surface area contributed by atoms with Crippen molar-refractivity contribution in [3.8, 4) is 0 Å². The van der Waals surface area contributed by atoms with Crippen molar-refractivity contribution in [2.45, 2.75) is 26.4 Å². The van der Waals surface area contributed by atoms with E-state index in [0.717, 1.165) is 0 Å². The fourth-order valence-corrected chi connectivity index (χ4v) is 1.55. The Hall–Kier alpha value is -1.29. The predicted octanol–water partition coefficient (Wildman–Crippen LogP) is 2.23. The Labute approximate surface area is 95.5 Å². The number of nitrogens with two attached hydrogens (primary N) is 1. The van der Waals surface area contributed by atoms with Crippen LogP contribution in [0.1, 0.15) is 20.3 Å². The maximum absolute atomic E-state index is 13.1. The van der Waals surface area contributed by atoms with E-state index in [1.54, 1.807) is 12.1 Å². The zero-order valence-electron chi connectivity index (χ0n) is 9.70. The van der Waals surface area contributed by atoms with Crippen LogP contribution in [0.5, 0.6) is 0 Å². The first-order valence-corrected chi connectivity index (χ1v) is 5.46. The second-order valence-electron chi connectivity index (χ2n) is 4.37. The lowest BCUT2D eigenvalue weighted by Crippen LogP contribution is -2.21. The molecular formula is C12H19FN2O. The summed E-state index contributed by atoms with van der Waals surface area (Å²) in [5.41, 5.74) is 6.18. The Balaban J connectivity index is 2.51. The van der Waals surface area contributed by atoms with Crippen molar-refractivity contribution in [1.29, 1.82) is 0 Å². The van der Waals surface area contributed by atoms with Crippen molar-refractivity contribution >= 4 is 11.4 Å². The third-order valence-corrected chi connectivity index (χ3v) is 2.32. The maximum Gasteiger partial charge on any atom is 0.148 e. The van der Waals surface area contributed by atoms with Crippen LogP contribution in [0.3, 0.4) is 0 Å². The van der Waals surface area contributed by atoms with Crippen molar-refractivity contribution in [2.24, 2.45) is 5.92 Å². The zero-order valence-corrected chi connectivity index (χ0v) is 9.70. The van der Waals surface area contributed by atoms with Gasteiger partial charge in [0, 0.05) is 6.54 Å². The molecule has 0 amide bonds. The van der Waals surface area contributed by atoms with Crippen molar-refractivity contribution in [2.75, 3.05) is 17.6 Å². The van der Waals surface area contributed by atoms with E-state index >= 15 is 0 Å². The van der Waals surface area contributed by atoms with Gasteiger partial charge in [0.25, 0.3) is 0 Å². The highest BCUT2D eigenvalue weighted by Gasteiger charge is 2.08. The van der Waals surface area contributed by atoms with Gasteiger partial charge in [0.2, 0.25) is 0 Å². The molecule has 0 aromatic heterocycles. The maximum atomic E-state index is 13.1. The minimum Gasteiger partial charge on any atom is -0.395 e. The van der Waals surface area contributed by atoms with Crippen LogP contribution in [-0.4, -0.2) is 17.8 Å². The third-order valence-electron chi connectivity index (χ3n) is 2.32. The van der Waals surface area contributed by atoms with Crippen molar-refractivity contribution in [3.63, 3.8) is 0 Å². The molecule has 1 atom stereocenters. The first-order valence-electron chi connectivity index (χ1n) is 5.46. The monoisotopic (exact) mass is 226 g/mol. The van der Waals surface area contributed by atoms with Gasteiger partial charge >= 0.3 is 0 Å². The Morgan fingerprint density at radius 3 is 2.75 bits per heavy atom. The van der Waals surface area contributed by atoms with E-state index in [1.165, 1.54) is 6.07 Å². The molecule has 0 fully saturated rings. The van der Waals surface area contributed by atoms with E-state index in [-0.39, 0.29) is 5.69 Å². The number of hydrogen-bond acceptors (Lipinski definition) is 3. The first-order chi connectivity index (χ1) is 7.50. The number of aliphatic hydroxyl groups excluding tert-OH is 1. The number of benzene rings is 1. The van der Waals surface area contributed by atoms with Gasteiger partial charge in [-0.3, -0.25) is 0 Å². The van der Waals surface area contributed by atoms with Crippen LogP contribution in [0, 0.1) is 11.7 Å². The molecular weight excluding hydrogens is 207 g/mol. The summed E-state index contributed by atoms with van der Waals surface area (Å²) in [6.07, 6.45) is 0.269. The van der Waals surface area contributed by atoms with Gasteiger partial charge in [0.05, 0.1) is 17.5 Å².